The van der Waals surface area contributed by atoms with Gasteiger partial charge in [0, 0.05) is 24.5 Å². The predicted molar refractivity (Wildman–Crippen MR) is 64.2 cm³/mol. The summed E-state index contributed by atoms with van der Waals surface area (Å²) in [6.45, 7) is 2.62. The summed E-state index contributed by atoms with van der Waals surface area (Å²) in [5.41, 5.74) is 0. The molecule has 5 nitrogen and oxygen atoms in total. The molecule has 17 heavy (non-hydrogen) atoms. The minimum atomic E-state index is -0.894. The number of hydrogen-bond donors (Lipinski definition) is 2. The van der Waals surface area contributed by atoms with Crippen LogP contribution in [0, 0.1) is 0 Å². The van der Waals surface area contributed by atoms with Crippen LogP contribution in [-0.4, -0.2) is 41.5 Å². The lowest BCUT2D eigenvalue weighted by Gasteiger charge is -2.16. The molecule has 0 saturated carbocycles. The van der Waals surface area contributed by atoms with Gasteiger partial charge < -0.3 is 10.4 Å². The van der Waals surface area contributed by atoms with E-state index < -0.39 is 5.97 Å². The first kappa shape index (κ1) is 12.1. The van der Waals surface area contributed by atoms with Crippen molar-refractivity contribution in [2.45, 2.75) is 13.0 Å². The molecule has 0 radical (unpaired) electrons. The number of nitrogens with zero attached hydrogens (tertiary/aromatic N) is 1. The second-order valence-corrected chi connectivity index (χ2v) is 5.15. The molecule has 1 aromatic heterocycles. The van der Waals surface area contributed by atoms with Crippen molar-refractivity contribution >= 4 is 23.2 Å². The van der Waals surface area contributed by atoms with E-state index in [-0.39, 0.29) is 5.91 Å². The number of thiophene rings is 1. The van der Waals surface area contributed by atoms with Gasteiger partial charge in [0.2, 0.25) is 5.91 Å². The monoisotopic (exact) mass is 254 g/mol. The van der Waals surface area contributed by atoms with Crippen LogP contribution in [0.4, 0.5) is 0 Å². The fourth-order valence-corrected chi connectivity index (χ4v) is 2.69. The van der Waals surface area contributed by atoms with Crippen LogP contribution >= 0.6 is 11.3 Å². The standard InChI is InChI=1S/C11H14N2O3S/c14-10-7-13(5-1-4-12-10)6-8-2-3-9(17-8)11(15)16/h2-3H,1,4-7H2,(H,12,14)(H,15,16). The number of carbonyl (C=O) groups is 2. The number of carboxylic acid groups (broad SMARTS) is 1. The molecule has 0 atom stereocenters. The highest BCUT2D eigenvalue weighted by molar-refractivity contribution is 7.13. The predicted octanol–water partition coefficient (Wildman–Crippen LogP) is 0.768. The van der Waals surface area contributed by atoms with E-state index in [1.165, 1.54) is 11.3 Å². The number of carbonyl (C=O) groups excluding carboxylic acids is 1. The Hall–Kier alpha value is -1.40. The highest BCUT2D eigenvalue weighted by Crippen LogP contribution is 2.18. The van der Waals surface area contributed by atoms with E-state index in [2.05, 4.69) is 5.32 Å². The van der Waals surface area contributed by atoms with E-state index in [1.54, 1.807) is 6.07 Å². The Labute approximate surface area is 103 Å². The van der Waals surface area contributed by atoms with Crippen LogP contribution in [0.15, 0.2) is 12.1 Å². The van der Waals surface area contributed by atoms with Crippen molar-refractivity contribution in [3.8, 4) is 0 Å². The van der Waals surface area contributed by atoms with Crippen LogP contribution in [0.2, 0.25) is 0 Å². The number of hydrogen-bond acceptors (Lipinski definition) is 4. The molecule has 2 heterocycles. The minimum absolute atomic E-state index is 0.0394. The van der Waals surface area contributed by atoms with E-state index in [9.17, 15) is 9.59 Å². The Morgan fingerprint density at radius 3 is 3.06 bits per heavy atom. The number of aromatic carboxylic acids is 1. The number of nitrogens with one attached hydrogen (secondary N) is 1. The summed E-state index contributed by atoms with van der Waals surface area (Å²) >= 11 is 1.27. The zero-order chi connectivity index (χ0) is 12.3. The highest BCUT2D eigenvalue weighted by Gasteiger charge is 2.16. The van der Waals surface area contributed by atoms with E-state index in [4.69, 9.17) is 5.11 Å². The fraction of sp³-hybridized carbons (Fsp3) is 0.455. The van der Waals surface area contributed by atoms with Gasteiger partial charge in [-0.25, -0.2) is 4.79 Å². The molecule has 0 bridgehead atoms. The van der Waals surface area contributed by atoms with E-state index in [0.29, 0.717) is 18.0 Å². The van der Waals surface area contributed by atoms with Crippen molar-refractivity contribution in [3.63, 3.8) is 0 Å². The summed E-state index contributed by atoms with van der Waals surface area (Å²) in [5, 5.41) is 11.6. The van der Waals surface area contributed by atoms with Gasteiger partial charge in [0.25, 0.3) is 0 Å². The zero-order valence-electron chi connectivity index (χ0n) is 9.31. The fourth-order valence-electron chi connectivity index (χ4n) is 1.80. The average molecular weight is 254 g/mol. The van der Waals surface area contributed by atoms with Gasteiger partial charge in [-0.3, -0.25) is 9.69 Å². The lowest BCUT2D eigenvalue weighted by molar-refractivity contribution is -0.121. The topological polar surface area (TPSA) is 69.6 Å². The zero-order valence-corrected chi connectivity index (χ0v) is 10.1. The smallest absolute Gasteiger partial charge is 0.345 e. The normalized spacial score (nSPS) is 17.5. The van der Waals surface area contributed by atoms with Gasteiger partial charge in [0.05, 0.1) is 6.54 Å². The Morgan fingerprint density at radius 2 is 2.35 bits per heavy atom. The van der Waals surface area contributed by atoms with E-state index in [1.807, 2.05) is 11.0 Å². The maximum atomic E-state index is 11.4. The molecular formula is C11H14N2O3S. The summed E-state index contributed by atoms with van der Waals surface area (Å²) in [6, 6.07) is 3.43. The van der Waals surface area contributed by atoms with Gasteiger partial charge in [-0.15, -0.1) is 11.3 Å². The molecular weight excluding hydrogens is 240 g/mol. The van der Waals surface area contributed by atoms with Gasteiger partial charge in [0.15, 0.2) is 0 Å². The Bertz CT molecular complexity index is 430. The molecule has 1 aromatic rings. The first-order valence-electron chi connectivity index (χ1n) is 5.46. The van der Waals surface area contributed by atoms with Crippen molar-refractivity contribution in [2.24, 2.45) is 0 Å². The maximum absolute atomic E-state index is 11.4. The molecule has 1 amide bonds. The molecule has 1 fully saturated rings. The molecule has 92 valence electrons. The van der Waals surface area contributed by atoms with Crippen molar-refractivity contribution in [1.29, 1.82) is 0 Å². The number of carboxylic acids is 1. The molecule has 1 aliphatic rings. The van der Waals surface area contributed by atoms with Gasteiger partial charge in [-0.2, -0.15) is 0 Å². The molecule has 1 aliphatic heterocycles. The Balaban J connectivity index is 1.98. The van der Waals surface area contributed by atoms with Crippen molar-refractivity contribution < 1.29 is 14.7 Å². The summed E-state index contributed by atoms with van der Waals surface area (Å²) in [6.07, 6.45) is 0.933. The molecule has 0 unspecified atom stereocenters. The van der Waals surface area contributed by atoms with E-state index >= 15 is 0 Å². The summed E-state index contributed by atoms with van der Waals surface area (Å²) in [7, 11) is 0. The second kappa shape index (κ2) is 5.29. The Kier molecular flexibility index (Phi) is 3.75. The van der Waals surface area contributed by atoms with Crippen molar-refractivity contribution in [1.82, 2.24) is 10.2 Å². The number of amides is 1. The van der Waals surface area contributed by atoms with Gasteiger partial charge in [-0.05, 0) is 18.6 Å². The van der Waals surface area contributed by atoms with Crippen molar-refractivity contribution in [2.75, 3.05) is 19.6 Å². The molecule has 0 spiro atoms. The number of rotatable bonds is 3. The third-order valence-corrected chi connectivity index (χ3v) is 3.65. The first-order chi connectivity index (χ1) is 8.15. The summed E-state index contributed by atoms with van der Waals surface area (Å²) in [5.74, 6) is -0.854. The average Bonchev–Trinajstić information content (AvgIpc) is 2.63. The van der Waals surface area contributed by atoms with Crippen LogP contribution in [0.1, 0.15) is 21.0 Å². The molecule has 6 heteroatoms. The third-order valence-electron chi connectivity index (χ3n) is 2.59. The lowest BCUT2D eigenvalue weighted by Crippen LogP contribution is -2.32. The minimum Gasteiger partial charge on any atom is -0.477 e. The Morgan fingerprint density at radius 1 is 1.53 bits per heavy atom. The second-order valence-electron chi connectivity index (χ2n) is 3.99. The SMILES string of the molecule is O=C1CN(Cc2ccc(C(=O)O)s2)CCCN1. The van der Waals surface area contributed by atoms with Crippen molar-refractivity contribution in [3.05, 3.63) is 21.9 Å². The maximum Gasteiger partial charge on any atom is 0.345 e. The molecule has 2 rings (SSSR count). The molecule has 0 aromatic carbocycles. The van der Waals surface area contributed by atoms with Gasteiger partial charge in [0.1, 0.15) is 4.88 Å². The lowest BCUT2D eigenvalue weighted by atomic mass is 10.3. The molecule has 0 aliphatic carbocycles. The molecule has 1 saturated heterocycles. The van der Waals surface area contributed by atoms with Crippen LogP contribution in [0.3, 0.4) is 0 Å². The summed E-state index contributed by atoms with van der Waals surface area (Å²) in [4.78, 5) is 25.5. The van der Waals surface area contributed by atoms with Gasteiger partial charge >= 0.3 is 5.97 Å². The van der Waals surface area contributed by atoms with Gasteiger partial charge in [-0.1, -0.05) is 0 Å². The third kappa shape index (κ3) is 3.28. The van der Waals surface area contributed by atoms with Crippen LogP contribution < -0.4 is 5.32 Å². The van der Waals surface area contributed by atoms with E-state index in [0.717, 1.165) is 24.4 Å². The summed E-state index contributed by atoms with van der Waals surface area (Å²) < 4.78 is 0. The van der Waals surface area contributed by atoms with Crippen LogP contribution in [-0.2, 0) is 11.3 Å². The highest BCUT2D eigenvalue weighted by atomic mass is 32.1. The molecule has 2 N–H and O–H groups in total. The quantitative estimate of drug-likeness (QED) is 0.836. The largest absolute Gasteiger partial charge is 0.477 e. The first-order valence-corrected chi connectivity index (χ1v) is 6.28. The van der Waals surface area contributed by atoms with Crippen LogP contribution in [0.25, 0.3) is 0 Å². The van der Waals surface area contributed by atoms with Crippen LogP contribution in [0.5, 0.6) is 0 Å².